The monoisotopic (exact) mass is 375 g/mol. The van der Waals surface area contributed by atoms with Crippen molar-refractivity contribution in [3.63, 3.8) is 0 Å². The fourth-order valence-electron chi connectivity index (χ4n) is 1.83. The van der Waals surface area contributed by atoms with Crippen molar-refractivity contribution in [3.8, 4) is 0 Å². The van der Waals surface area contributed by atoms with Crippen molar-refractivity contribution >= 4 is 34.5 Å². The number of hydrogen-bond donors (Lipinski definition) is 2. The molecule has 0 saturated heterocycles. The van der Waals surface area contributed by atoms with Crippen molar-refractivity contribution in [1.82, 2.24) is 5.32 Å². The van der Waals surface area contributed by atoms with Crippen LogP contribution >= 0.6 is 22.6 Å². The summed E-state index contributed by atoms with van der Waals surface area (Å²) in [6.07, 6.45) is 1.36. The van der Waals surface area contributed by atoms with Crippen LogP contribution in [0.5, 0.6) is 0 Å². The van der Waals surface area contributed by atoms with Crippen LogP contribution in [-0.4, -0.2) is 23.5 Å². The molecule has 0 saturated carbocycles. The summed E-state index contributed by atoms with van der Waals surface area (Å²) in [5, 5.41) is 11.7. The van der Waals surface area contributed by atoms with Gasteiger partial charge in [-0.1, -0.05) is 19.4 Å². The number of carbonyl (C=O) groups excluding carboxylic acids is 1. The van der Waals surface area contributed by atoms with E-state index < -0.39 is 11.9 Å². The Morgan fingerprint density at radius 1 is 1.42 bits per heavy atom. The van der Waals surface area contributed by atoms with Crippen LogP contribution in [0.15, 0.2) is 18.2 Å². The van der Waals surface area contributed by atoms with Crippen LogP contribution in [0, 0.1) is 16.4 Å². The van der Waals surface area contributed by atoms with Crippen LogP contribution in [0.3, 0.4) is 0 Å². The summed E-state index contributed by atoms with van der Waals surface area (Å²) < 4.78 is 1.02. The van der Waals surface area contributed by atoms with Crippen molar-refractivity contribution in [2.75, 3.05) is 6.54 Å². The number of aliphatic carboxylic acids is 1. The molecule has 1 atom stereocenters. The number of hydrogen-bond acceptors (Lipinski definition) is 2. The Labute approximate surface area is 126 Å². The fourth-order valence-corrected chi connectivity index (χ4v) is 2.32. The molecule has 5 heteroatoms. The standard InChI is InChI=1S/C14H18INO3/c1-3-5-10(14(18)19)8-16-13(17)11-6-4-7-12(15)9(11)2/h4,6-7,10H,3,5,8H2,1-2H3,(H,16,17)(H,18,19). The quantitative estimate of drug-likeness (QED) is 0.752. The van der Waals surface area contributed by atoms with Crippen LogP contribution in [0.1, 0.15) is 35.7 Å². The topological polar surface area (TPSA) is 66.4 Å². The van der Waals surface area contributed by atoms with E-state index in [1.54, 1.807) is 6.07 Å². The lowest BCUT2D eigenvalue weighted by Crippen LogP contribution is -2.33. The van der Waals surface area contributed by atoms with E-state index in [9.17, 15) is 9.59 Å². The first-order valence-corrected chi connectivity index (χ1v) is 7.31. The second kappa shape index (κ2) is 7.47. The number of nitrogens with one attached hydrogen (secondary N) is 1. The van der Waals surface area contributed by atoms with Gasteiger partial charge in [0.25, 0.3) is 5.91 Å². The highest BCUT2D eigenvalue weighted by molar-refractivity contribution is 14.1. The normalized spacial score (nSPS) is 11.9. The third-order valence-electron chi connectivity index (χ3n) is 3.01. The zero-order chi connectivity index (χ0) is 14.4. The summed E-state index contributed by atoms with van der Waals surface area (Å²) in [5.74, 6) is -1.59. The highest BCUT2D eigenvalue weighted by Gasteiger charge is 2.18. The van der Waals surface area contributed by atoms with E-state index in [1.807, 2.05) is 26.0 Å². The first-order valence-electron chi connectivity index (χ1n) is 6.23. The van der Waals surface area contributed by atoms with E-state index in [4.69, 9.17) is 5.11 Å². The zero-order valence-corrected chi connectivity index (χ0v) is 13.2. The molecule has 0 fully saturated rings. The van der Waals surface area contributed by atoms with Crippen molar-refractivity contribution in [3.05, 3.63) is 32.9 Å². The maximum atomic E-state index is 12.0. The second-order valence-corrected chi connectivity index (χ2v) is 5.61. The lowest BCUT2D eigenvalue weighted by molar-refractivity contribution is -0.141. The smallest absolute Gasteiger partial charge is 0.308 e. The van der Waals surface area contributed by atoms with E-state index in [0.29, 0.717) is 12.0 Å². The van der Waals surface area contributed by atoms with E-state index >= 15 is 0 Å². The van der Waals surface area contributed by atoms with Crippen molar-refractivity contribution < 1.29 is 14.7 Å². The van der Waals surface area contributed by atoms with E-state index in [2.05, 4.69) is 27.9 Å². The average molecular weight is 375 g/mol. The predicted molar refractivity (Wildman–Crippen MR) is 82.3 cm³/mol. The van der Waals surface area contributed by atoms with Crippen molar-refractivity contribution in [2.24, 2.45) is 5.92 Å². The fraction of sp³-hybridized carbons (Fsp3) is 0.429. The highest BCUT2D eigenvalue weighted by Crippen LogP contribution is 2.15. The van der Waals surface area contributed by atoms with Crippen LogP contribution in [-0.2, 0) is 4.79 Å². The molecular weight excluding hydrogens is 357 g/mol. The van der Waals surface area contributed by atoms with Gasteiger partial charge < -0.3 is 10.4 Å². The van der Waals surface area contributed by atoms with E-state index in [-0.39, 0.29) is 12.5 Å². The van der Waals surface area contributed by atoms with Crippen LogP contribution in [0.2, 0.25) is 0 Å². The molecule has 2 N–H and O–H groups in total. The van der Waals surface area contributed by atoms with Gasteiger partial charge in [-0.3, -0.25) is 9.59 Å². The molecule has 1 unspecified atom stereocenters. The molecule has 1 amide bonds. The molecule has 0 aromatic heterocycles. The lowest BCUT2D eigenvalue weighted by Gasteiger charge is -2.13. The minimum Gasteiger partial charge on any atom is -0.481 e. The molecule has 4 nitrogen and oxygen atoms in total. The minimum absolute atomic E-state index is 0.174. The van der Waals surface area contributed by atoms with Gasteiger partial charge in [-0.15, -0.1) is 0 Å². The van der Waals surface area contributed by atoms with Gasteiger partial charge in [0.05, 0.1) is 5.92 Å². The highest BCUT2D eigenvalue weighted by atomic mass is 127. The van der Waals surface area contributed by atoms with Gasteiger partial charge in [0.15, 0.2) is 0 Å². The van der Waals surface area contributed by atoms with Gasteiger partial charge in [-0.25, -0.2) is 0 Å². The van der Waals surface area contributed by atoms with Gasteiger partial charge in [0.2, 0.25) is 0 Å². The average Bonchev–Trinajstić information content (AvgIpc) is 2.37. The third-order valence-corrected chi connectivity index (χ3v) is 4.18. The number of benzene rings is 1. The molecule has 104 valence electrons. The molecular formula is C14H18INO3. The molecule has 0 heterocycles. The molecule has 1 aromatic carbocycles. The Kier molecular flexibility index (Phi) is 6.27. The largest absolute Gasteiger partial charge is 0.481 e. The maximum absolute atomic E-state index is 12.0. The SMILES string of the molecule is CCCC(CNC(=O)c1cccc(I)c1C)C(=O)O. The van der Waals surface area contributed by atoms with Crippen LogP contribution in [0.4, 0.5) is 0 Å². The molecule has 0 radical (unpaired) electrons. The Hall–Kier alpha value is -1.11. The number of rotatable bonds is 6. The van der Waals surface area contributed by atoms with Gasteiger partial charge >= 0.3 is 5.97 Å². The summed E-state index contributed by atoms with van der Waals surface area (Å²) in [5.41, 5.74) is 1.52. The number of carbonyl (C=O) groups is 2. The summed E-state index contributed by atoms with van der Waals surface area (Å²) in [7, 11) is 0. The lowest BCUT2D eigenvalue weighted by atomic mass is 10.0. The first kappa shape index (κ1) is 15.9. The van der Waals surface area contributed by atoms with E-state index in [1.165, 1.54) is 0 Å². The number of halogens is 1. The predicted octanol–water partition coefficient (Wildman–Crippen LogP) is 2.83. The summed E-state index contributed by atoms with van der Waals surface area (Å²) >= 11 is 2.17. The number of carboxylic acid groups (broad SMARTS) is 1. The molecule has 1 aromatic rings. The van der Waals surface area contributed by atoms with Crippen molar-refractivity contribution in [1.29, 1.82) is 0 Å². The molecule has 1 rings (SSSR count). The Morgan fingerprint density at radius 2 is 2.11 bits per heavy atom. The van der Waals surface area contributed by atoms with Crippen molar-refractivity contribution in [2.45, 2.75) is 26.7 Å². The molecule has 0 aliphatic rings. The van der Waals surface area contributed by atoms with Gasteiger partial charge in [0, 0.05) is 15.7 Å². The summed E-state index contributed by atoms with van der Waals surface area (Å²) in [6.45, 7) is 3.99. The van der Waals surface area contributed by atoms with Gasteiger partial charge in [0.1, 0.15) is 0 Å². The maximum Gasteiger partial charge on any atom is 0.308 e. The Bertz CT molecular complexity index is 474. The minimum atomic E-state index is -0.860. The Balaban J connectivity index is 2.69. The van der Waals surface area contributed by atoms with Gasteiger partial charge in [-0.05, 0) is 53.6 Å². The van der Waals surface area contributed by atoms with E-state index in [0.717, 1.165) is 15.6 Å². The van der Waals surface area contributed by atoms with Gasteiger partial charge in [-0.2, -0.15) is 0 Å². The number of carboxylic acids is 1. The zero-order valence-electron chi connectivity index (χ0n) is 11.1. The van der Waals surface area contributed by atoms with Crippen LogP contribution < -0.4 is 5.32 Å². The molecule has 0 spiro atoms. The first-order chi connectivity index (χ1) is 8.97. The molecule has 0 aliphatic heterocycles. The second-order valence-electron chi connectivity index (χ2n) is 4.45. The third kappa shape index (κ3) is 4.49. The molecule has 0 bridgehead atoms. The molecule has 0 aliphatic carbocycles. The number of amides is 1. The molecule has 19 heavy (non-hydrogen) atoms. The summed E-state index contributed by atoms with van der Waals surface area (Å²) in [4.78, 5) is 23.0. The van der Waals surface area contributed by atoms with Crippen LogP contribution in [0.25, 0.3) is 0 Å². The Morgan fingerprint density at radius 3 is 2.68 bits per heavy atom. The summed E-state index contributed by atoms with van der Waals surface area (Å²) in [6, 6.07) is 5.51.